The Hall–Kier alpha value is -3.12. The number of carbonyl (C=O) groups is 1. The van der Waals surface area contributed by atoms with E-state index in [4.69, 9.17) is 5.26 Å². The summed E-state index contributed by atoms with van der Waals surface area (Å²) in [4.78, 5) is 12.2. The molecule has 1 aromatic carbocycles. The molecule has 8 nitrogen and oxygen atoms in total. The van der Waals surface area contributed by atoms with Crippen LogP contribution in [0.1, 0.15) is 34.8 Å². The molecule has 0 saturated heterocycles. The molecule has 9 heteroatoms. The molecule has 0 aliphatic carbocycles. The largest absolute Gasteiger partial charge is 0.344 e. The maximum Gasteiger partial charge on any atom is 0.273 e. The van der Waals surface area contributed by atoms with E-state index in [1.165, 1.54) is 11.3 Å². The van der Waals surface area contributed by atoms with Crippen molar-refractivity contribution in [2.75, 3.05) is 0 Å². The highest BCUT2D eigenvalue weighted by Gasteiger charge is 2.12. The first kappa shape index (κ1) is 17.7. The molecule has 3 aromatic rings. The Morgan fingerprint density at radius 2 is 2.04 bits per heavy atom. The normalized spacial score (nSPS) is 10.4. The molecule has 2 aromatic heterocycles. The van der Waals surface area contributed by atoms with Crippen LogP contribution in [0, 0.1) is 11.3 Å². The molecule has 0 unspecified atom stereocenters. The number of hydrogen-bond donors (Lipinski definition) is 1. The van der Waals surface area contributed by atoms with E-state index in [9.17, 15) is 4.79 Å². The smallest absolute Gasteiger partial charge is 0.273 e. The number of nitrogens with one attached hydrogen (secondary N) is 1. The van der Waals surface area contributed by atoms with Crippen LogP contribution >= 0.6 is 11.3 Å². The minimum absolute atomic E-state index is 0.262. The van der Waals surface area contributed by atoms with Crippen LogP contribution in [0.25, 0.3) is 10.6 Å². The lowest BCUT2D eigenvalue weighted by Gasteiger charge is -1.99. The van der Waals surface area contributed by atoms with Gasteiger partial charge in [-0.1, -0.05) is 46.9 Å². The molecular formula is C17H17N7OS. The lowest BCUT2D eigenvalue weighted by atomic mass is 10.2. The predicted molar refractivity (Wildman–Crippen MR) is 96.0 cm³/mol. The highest BCUT2D eigenvalue weighted by Crippen LogP contribution is 2.22. The first-order chi connectivity index (χ1) is 12.8. The number of carbonyl (C=O) groups excluding carboxylic acids is 1. The summed E-state index contributed by atoms with van der Waals surface area (Å²) in [6, 6.07) is 11.9. The average molecular weight is 367 g/mol. The van der Waals surface area contributed by atoms with Crippen molar-refractivity contribution < 1.29 is 4.79 Å². The molecule has 0 atom stereocenters. The van der Waals surface area contributed by atoms with Gasteiger partial charge in [-0.15, -0.1) is 15.3 Å². The second-order valence-electron chi connectivity index (χ2n) is 5.53. The van der Waals surface area contributed by atoms with Gasteiger partial charge in [0.05, 0.1) is 18.8 Å². The minimum atomic E-state index is -0.301. The first-order valence-corrected chi connectivity index (χ1v) is 9.01. The van der Waals surface area contributed by atoms with Crippen molar-refractivity contribution in [2.24, 2.45) is 0 Å². The van der Waals surface area contributed by atoms with Gasteiger partial charge in [0.2, 0.25) is 0 Å². The van der Waals surface area contributed by atoms with Gasteiger partial charge >= 0.3 is 0 Å². The van der Waals surface area contributed by atoms with Crippen LogP contribution in [-0.4, -0.2) is 31.1 Å². The lowest BCUT2D eigenvalue weighted by Crippen LogP contribution is -2.23. The Balaban J connectivity index is 1.51. The van der Waals surface area contributed by atoms with E-state index in [0.717, 1.165) is 28.4 Å². The lowest BCUT2D eigenvalue weighted by molar-refractivity contribution is 0.0945. The van der Waals surface area contributed by atoms with Gasteiger partial charge in [0.25, 0.3) is 5.91 Å². The molecule has 1 N–H and O–H groups in total. The van der Waals surface area contributed by atoms with Crippen molar-refractivity contribution in [3.05, 3.63) is 47.2 Å². The average Bonchev–Trinajstić information content (AvgIpc) is 3.34. The third-order valence-electron chi connectivity index (χ3n) is 3.58. The summed E-state index contributed by atoms with van der Waals surface area (Å²) in [6.07, 6.45) is 3.76. The number of amides is 1. The SMILES string of the molecule is N#CCCCCn1cc(C(=O)NCc2nnc(-c3ccccc3)s2)nn1. The monoisotopic (exact) mass is 367 g/mol. The second-order valence-corrected chi connectivity index (χ2v) is 6.59. The molecule has 3 rings (SSSR count). The van der Waals surface area contributed by atoms with Gasteiger partial charge in [0.1, 0.15) is 10.0 Å². The minimum Gasteiger partial charge on any atom is -0.344 e. The first-order valence-electron chi connectivity index (χ1n) is 8.19. The number of aryl methyl sites for hydroxylation is 1. The van der Waals surface area contributed by atoms with Crippen LogP contribution in [0.3, 0.4) is 0 Å². The van der Waals surface area contributed by atoms with Crippen molar-refractivity contribution >= 4 is 17.2 Å². The van der Waals surface area contributed by atoms with E-state index >= 15 is 0 Å². The summed E-state index contributed by atoms with van der Waals surface area (Å²) < 4.78 is 1.62. The zero-order valence-electron chi connectivity index (χ0n) is 14.0. The van der Waals surface area contributed by atoms with Gasteiger partial charge < -0.3 is 5.32 Å². The van der Waals surface area contributed by atoms with Gasteiger partial charge in [0, 0.05) is 18.5 Å². The maximum atomic E-state index is 12.2. The van der Waals surface area contributed by atoms with Crippen LogP contribution in [0.4, 0.5) is 0 Å². The summed E-state index contributed by atoms with van der Waals surface area (Å²) in [7, 11) is 0. The van der Waals surface area contributed by atoms with Gasteiger partial charge in [-0.3, -0.25) is 9.48 Å². The third kappa shape index (κ3) is 4.70. The number of aromatic nitrogens is 5. The van der Waals surface area contributed by atoms with E-state index in [0.29, 0.717) is 19.5 Å². The molecular weight excluding hydrogens is 350 g/mol. The molecule has 0 bridgehead atoms. The number of unbranched alkanes of at least 4 members (excludes halogenated alkanes) is 2. The molecule has 0 spiro atoms. The van der Waals surface area contributed by atoms with Crippen molar-refractivity contribution in [2.45, 2.75) is 32.4 Å². The van der Waals surface area contributed by atoms with Crippen molar-refractivity contribution in [3.63, 3.8) is 0 Å². The number of nitrogens with zero attached hydrogens (tertiary/aromatic N) is 6. The van der Waals surface area contributed by atoms with Crippen molar-refractivity contribution in [1.82, 2.24) is 30.5 Å². The fourth-order valence-electron chi connectivity index (χ4n) is 2.26. The van der Waals surface area contributed by atoms with Crippen LogP contribution in [-0.2, 0) is 13.1 Å². The Morgan fingerprint density at radius 1 is 1.19 bits per heavy atom. The number of nitriles is 1. The third-order valence-corrected chi connectivity index (χ3v) is 4.56. The fraction of sp³-hybridized carbons (Fsp3) is 0.294. The van der Waals surface area contributed by atoms with E-state index in [1.807, 2.05) is 30.3 Å². The van der Waals surface area contributed by atoms with Gasteiger partial charge in [-0.2, -0.15) is 5.26 Å². The summed E-state index contributed by atoms with van der Waals surface area (Å²) in [5.41, 5.74) is 1.26. The molecule has 0 fully saturated rings. The Labute approximate surface area is 154 Å². The summed E-state index contributed by atoms with van der Waals surface area (Å²) >= 11 is 1.44. The van der Waals surface area contributed by atoms with E-state index in [1.54, 1.807) is 10.9 Å². The molecule has 26 heavy (non-hydrogen) atoms. The predicted octanol–water partition coefficient (Wildman–Crippen LogP) is 2.42. The van der Waals surface area contributed by atoms with Gasteiger partial charge in [0.15, 0.2) is 5.69 Å². The van der Waals surface area contributed by atoms with Gasteiger partial charge in [-0.05, 0) is 12.8 Å². The molecule has 0 aliphatic heterocycles. The van der Waals surface area contributed by atoms with E-state index in [-0.39, 0.29) is 11.6 Å². The summed E-state index contributed by atoms with van der Waals surface area (Å²) in [5.74, 6) is -0.301. The standard InChI is InChI=1S/C17H17N7OS/c18-9-5-2-6-10-24-12-14(20-23-24)16(25)19-11-15-21-22-17(26-15)13-7-3-1-4-8-13/h1,3-4,7-8,12H,2,5-6,10-11H2,(H,19,25). The Kier molecular flexibility index (Phi) is 6.01. The fourth-order valence-corrected chi connectivity index (χ4v) is 3.04. The van der Waals surface area contributed by atoms with Crippen LogP contribution in [0.15, 0.2) is 36.5 Å². The maximum absolute atomic E-state index is 12.2. The second kappa shape index (κ2) is 8.82. The van der Waals surface area contributed by atoms with E-state index in [2.05, 4.69) is 31.9 Å². The zero-order chi connectivity index (χ0) is 18.2. The molecule has 132 valence electrons. The molecule has 1 amide bonds. The van der Waals surface area contributed by atoms with Gasteiger partial charge in [-0.25, -0.2) is 0 Å². The topological polar surface area (TPSA) is 109 Å². The Morgan fingerprint density at radius 3 is 2.85 bits per heavy atom. The quantitative estimate of drug-likeness (QED) is 0.612. The van der Waals surface area contributed by atoms with Crippen molar-refractivity contribution in [3.8, 4) is 16.6 Å². The highest BCUT2D eigenvalue weighted by molar-refractivity contribution is 7.14. The number of hydrogen-bond acceptors (Lipinski definition) is 7. The molecule has 0 saturated carbocycles. The highest BCUT2D eigenvalue weighted by atomic mass is 32.1. The van der Waals surface area contributed by atoms with E-state index < -0.39 is 0 Å². The Bertz CT molecular complexity index is 897. The number of benzene rings is 1. The molecule has 2 heterocycles. The van der Waals surface area contributed by atoms with Crippen molar-refractivity contribution in [1.29, 1.82) is 5.26 Å². The van der Waals surface area contributed by atoms with Crippen LogP contribution in [0.2, 0.25) is 0 Å². The van der Waals surface area contributed by atoms with Crippen LogP contribution in [0.5, 0.6) is 0 Å². The molecule has 0 aliphatic rings. The van der Waals surface area contributed by atoms with Crippen LogP contribution < -0.4 is 5.32 Å². The number of rotatable bonds is 8. The summed E-state index contributed by atoms with van der Waals surface area (Å²) in [6.45, 7) is 0.928. The summed E-state index contributed by atoms with van der Waals surface area (Å²) in [5, 5.41) is 28.9. The zero-order valence-corrected chi connectivity index (χ0v) is 14.8. The molecule has 0 radical (unpaired) electrons.